The Hall–Kier alpha value is -1.69. The van der Waals surface area contributed by atoms with Gasteiger partial charge in [-0.1, -0.05) is 28.1 Å². The number of aryl methyl sites for hydroxylation is 1. The molecule has 24 heavy (non-hydrogen) atoms. The van der Waals surface area contributed by atoms with E-state index in [1.54, 1.807) is 0 Å². The quantitative estimate of drug-likeness (QED) is 0.864. The van der Waals surface area contributed by atoms with Crippen molar-refractivity contribution in [3.05, 3.63) is 63.6 Å². The number of carbonyl (C=O) groups excluding carboxylic acids is 1. The van der Waals surface area contributed by atoms with Crippen LogP contribution in [0.25, 0.3) is 0 Å². The van der Waals surface area contributed by atoms with Crippen molar-refractivity contribution >= 4 is 27.5 Å². The zero-order valence-corrected chi connectivity index (χ0v) is 15.3. The van der Waals surface area contributed by atoms with E-state index in [0.717, 1.165) is 48.6 Å². The molecule has 0 unspecified atom stereocenters. The molecule has 1 aliphatic rings. The van der Waals surface area contributed by atoms with Crippen molar-refractivity contribution in [2.45, 2.75) is 13.5 Å². The molecule has 1 heterocycles. The van der Waals surface area contributed by atoms with Gasteiger partial charge in [0.05, 0.1) is 13.2 Å². The number of anilines is 1. The standard InChI is InChI=1S/C19H21BrN2O2/c1-14-12-17(6-7-18(14)20)21-19(23)16-4-2-15(3-5-16)13-22-8-10-24-11-9-22/h2-7,12H,8-11,13H2,1H3,(H,21,23). The summed E-state index contributed by atoms with van der Waals surface area (Å²) in [7, 11) is 0. The van der Waals surface area contributed by atoms with Crippen LogP contribution in [0.1, 0.15) is 21.5 Å². The van der Waals surface area contributed by atoms with E-state index in [1.165, 1.54) is 5.56 Å². The van der Waals surface area contributed by atoms with Crippen LogP contribution in [0.4, 0.5) is 5.69 Å². The first-order valence-electron chi connectivity index (χ1n) is 8.08. The molecular weight excluding hydrogens is 368 g/mol. The van der Waals surface area contributed by atoms with Gasteiger partial charge in [0, 0.05) is 35.4 Å². The fraction of sp³-hybridized carbons (Fsp3) is 0.316. The Kier molecular flexibility index (Phi) is 5.66. The second kappa shape index (κ2) is 7.92. The van der Waals surface area contributed by atoms with E-state index in [1.807, 2.05) is 49.4 Å². The number of morpholine rings is 1. The first kappa shape index (κ1) is 17.1. The molecule has 0 atom stereocenters. The highest BCUT2D eigenvalue weighted by atomic mass is 79.9. The molecule has 1 N–H and O–H groups in total. The first-order chi connectivity index (χ1) is 11.6. The van der Waals surface area contributed by atoms with Crippen LogP contribution in [0.3, 0.4) is 0 Å². The fourth-order valence-corrected chi connectivity index (χ4v) is 2.95. The van der Waals surface area contributed by atoms with Gasteiger partial charge in [0.15, 0.2) is 0 Å². The molecular formula is C19H21BrN2O2. The van der Waals surface area contributed by atoms with Crippen molar-refractivity contribution in [1.82, 2.24) is 4.90 Å². The Morgan fingerprint density at radius 3 is 2.54 bits per heavy atom. The number of hydrogen-bond donors (Lipinski definition) is 1. The smallest absolute Gasteiger partial charge is 0.255 e. The molecule has 0 spiro atoms. The van der Waals surface area contributed by atoms with Crippen LogP contribution in [0, 0.1) is 6.92 Å². The summed E-state index contributed by atoms with van der Waals surface area (Å²) in [6.07, 6.45) is 0. The summed E-state index contributed by atoms with van der Waals surface area (Å²) in [6.45, 7) is 6.42. The first-order valence-corrected chi connectivity index (χ1v) is 8.88. The van der Waals surface area contributed by atoms with Crippen LogP contribution >= 0.6 is 15.9 Å². The normalized spacial score (nSPS) is 15.2. The van der Waals surface area contributed by atoms with Gasteiger partial charge in [0.2, 0.25) is 0 Å². The summed E-state index contributed by atoms with van der Waals surface area (Å²) >= 11 is 3.46. The predicted molar refractivity (Wildman–Crippen MR) is 99.4 cm³/mol. The third-order valence-electron chi connectivity index (χ3n) is 4.14. The molecule has 4 nitrogen and oxygen atoms in total. The minimum absolute atomic E-state index is 0.0883. The molecule has 0 radical (unpaired) electrons. The number of ether oxygens (including phenoxy) is 1. The van der Waals surface area contributed by atoms with Crippen molar-refractivity contribution in [1.29, 1.82) is 0 Å². The minimum atomic E-state index is -0.0883. The highest BCUT2D eigenvalue weighted by Crippen LogP contribution is 2.20. The van der Waals surface area contributed by atoms with Crippen LogP contribution in [0.2, 0.25) is 0 Å². The van der Waals surface area contributed by atoms with E-state index >= 15 is 0 Å². The second-order valence-electron chi connectivity index (χ2n) is 6.00. The highest BCUT2D eigenvalue weighted by Gasteiger charge is 2.11. The molecule has 0 bridgehead atoms. The number of carbonyl (C=O) groups is 1. The maximum atomic E-state index is 12.4. The fourth-order valence-electron chi connectivity index (χ4n) is 2.70. The molecule has 0 aliphatic carbocycles. The third-order valence-corrected chi connectivity index (χ3v) is 5.03. The molecule has 2 aromatic carbocycles. The van der Waals surface area contributed by atoms with E-state index < -0.39 is 0 Å². The van der Waals surface area contributed by atoms with Gasteiger partial charge < -0.3 is 10.1 Å². The number of rotatable bonds is 4. The van der Waals surface area contributed by atoms with E-state index in [4.69, 9.17) is 4.74 Å². The predicted octanol–water partition coefficient (Wildman–Crippen LogP) is 3.84. The zero-order chi connectivity index (χ0) is 16.9. The van der Waals surface area contributed by atoms with Crippen molar-refractivity contribution in [3.8, 4) is 0 Å². The zero-order valence-electron chi connectivity index (χ0n) is 13.7. The molecule has 2 aromatic rings. The largest absolute Gasteiger partial charge is 0.379 e. The number of amides is 1. The minimum Gasteiger partial charge on any atom is -0.379 e. The Morgan fingerprint density at radius 2 is 1.88 bits per heavy atom. The average Bonchev–Trinajstić information content (AvgIpc) is 2.60. The summed E-state index contributed by atoms with van der Waals surface area (Å²) < 4.78 is 6.40. The van der Waals surface area contributed by atoms with Gasteiger partial charge >= 0.3 is 0 Å². The van der Waals surface area contributed by atoms with Crippen molar-refractivity contribution in [3.63, 3.8) is 0 Å². The van der Waals surface area contributed by atoms with Gasteiger partial charge in [-0.2, -0.15) is 0 Å². The lowest BCUT2D eigenvalue weighted by Gasteiger charge is -2.26. The molecule has 3 rings (SSSR count). The van der Waals surface area contributed by atoms with Gasteiger partial charge in [0.25, 0.3) is 5.91 Å². The average molecular weight is 389 g/mol. The molecule has 5 heteroatoms. The van der Waals surface area contributed by atoms with Gasteiger partial charge in [-0.05, 0) is 48.4 Å². The topological polar surface area (TPSA) is 41.6 Å². The number of nitrogens with one attached hydrogen (secondary N) is 1. The Balaban J connectivity index is 1.61. The van der Waals surface area contributed by atoms with E-state index in [0.29, 0.717) is 5.56 Å². The lowest BCUT2D eigenvalue weighted by molar-refractivity contribution is 0.0342. The van der Waals surface area contributed by atoms with Crippen molar-refractivity contribution < 1.29 is 9.53 Å². The van der Waals surface area contributed by atoms with E-state index in [-0.39, 0.29) is 5.91 Å². The molecule has 1 amide bonds. The SMILES string of the molecule is Cc1cc(NC(=O)c2ccc(CN3CCOCC3)cc2)ccc1Br. The Bertz CT molecular complexity index is 710. The Morgan fingerprint density at radius 1 is 1.17 bits per heavy atom. The van der Waals surface area contributed by atoms with Gasteiger partial charge in [-0.3, -0.25) is 9.69 Å². The molecule has 1 saturated heterocycles. The highest BCUT2D eigenvalue weighted by molar-refractivity contribution is 9.10. The summed E-state index contributed by atoms with van der Waals surface area (Å²) in [5.41, 5.74) is 3.78. The number of benzene rings is 2. The maximum Gasteiger partial charge on any atom is 0.255 e. The van der Waals surface area contributed by atoms with Crippen LogP contribution < -0.4 is 5.32 Å². The molecule has 0 aromatic heterocycles. The summed E-state index contributed by atoms with van der Waals surface area (Å²) in [5.74, 6) is -0.0883. The van der Waals surface area contributed by atoms with Crippen LogP contribution in [0.5, 0.6) is 0 Å². The lowest BCUT2D eigenvalue weighted by Crippen LogP contribution is -2.35. The van der Waals surface area contributed by atoms with E-state index in [9.17, 15) is 4.79 Å². The third kappa shape index (κ3) is 4.44. The molecule has 1 aliphatic heterocycles. The maximum absolute atomic E-state index is 12.4. The molecule has 0 saturated carbocycles. The summed E-state index contributed by atoms with van der Waals surface area (Å²) in [4.78, 5) is 14.7. The van der Waals surface area contributed by atoms with Crippen LogP contribution in [-0.2, 0) is 11.3 Å². The summed E-state index contributed by atoms with van der Waals surface area (Å²) in [5, 5.41) is 2.94. The number of nitrogens with zero attached hydrogens (tertiary/aromatic N) is 1. The van der Waals surface area contributed by atoms with Gasteiger partial charge in [0.1, 0.15) is 0 Å². The van der Waals surface area contributed by atoms with Crippen molar-refractivity contribution in [2.24, 2.45) is 0 Å². The Labute approximate surface area is 150 Å². The monoisotopic (exact) mass is 388 g/mol. The van der Waals surface area contributed by atoms with E-state index in [2.05, 4.69) is 26.1 Å². The van der Waals surface area contributed by atoms with Crippen LogP contribution in [0.15, 0.2) is 46.9 Å². The van der Waals surface area contributed by atoms with Gasteiger partial charge in [-0.15, -0.1) is 0 Å². The molecule has 1 fully saturated rings. The summed E-state index contributed by atoms with van der Waals surface area (Å²) in [6, 6.07) is 13.6. The lowest BCUT2D eigenvalue weighted by atomic mass is 10.1. The number of hydrogen-bond acceptors (Lipinski definition) is 3. The number of halogens is 1. The van der Waals surface area contributed by atoms with Crippen molar-refractivity contribution in [2.75, 3.05) is 31.6 Å². The van der Waals surface area contributed by atoms with Crippen LogP contribution in [-0.4, -0.2) is 37.1 Å². The second-order valence-corrected chi connectivity index (χ2v) is 6.86. The van der Waals surface area contributed by atoms with Gasteiger partial charge in [-0.25, -0.2) is 0 Å². The molecule has 126 valence electrons.